The molecule has 0 spiro atoms. The van der Waals surface area contributed by atoms with Gasteiger partial charge >= 0.3 is 0 Å². The second kappa shape index (κ2) is 10.6. The monoisotopic (exact) mass is 406 g/mol. The van der Waals surface area contributed by atoms with Crippen molar-refractivity contribution in [3.63, 3.8) is 0 Å². The third-order valence-electron chi connectivity index (χ3n) is 6.21. The molecule has 2 aromatic carbocycles. The van der Waals surface area contributed by atoms with Crippen LogP contribution in [-0.2, 0) is 0 Å². The molecule has 0 bridgehead atoms. The van der Waals surface area contributed by atoms with Gasteiger partial charge in [-0.2, -0.15) is 0 Å². The molecule has 2 aromatic rings. The van der Waals surface area contributed by atoms with Crippen LogP contribution in [-0.4, -0.2) is 67.9 Å². The van der Waals surface area contributed by atoms with E-state index < -0.39 is 0 Å². The van der Waals surface area contributed by atoms with Crippen molar-refractivity contribution in [2.75, 3.05) is 63.0 Å². The van der Waals surface area contributed by atoms with E-state index >= 15 is 0 Å². The quantitative estimate of drug-likeness (QED) is 0.586. The molecule has 0 radical (unpaired) electrons. The molecular weight excluding hydrogens is 372 g/mol. The van der Waals surface area contributed by atoms with Crippen molar-refractivity contribution in [2.45, 2.75) is 25.7 Å². The predicted octanol–water partition coefficient (Wildman–Crippen LogP) is 3.93. The SMILES string of the molecule is O=C(c1ccc(NCCN2CCCC2)cc1)c1ccc(NCCN2CCCC2)cc1. The Labute approximate surface area is 180 Å². The molecule has 0 amide bonds. The summed E-state index contributed by atoms with van der Waals surface area (Å²) in [5, 5.41) is 6.92. The number of benzene rings is 2. The van der Waals surface area contributed by atoms with Gasteiger partial charge in [-0.15, -0.1) is 0 Å². The lowest BCUT2D eigenvalue weighted by Crippen LogP contribution is -2.25. The number of nitrogens with zero attached hydrogens (tertiary/aromatic N) is 2. The number of nitrogens with one attached hydrogen (secondary N) is 2. The van der Waals surface area contributed by atoms with E-state index in [-0.39, 0.29) is 5.78 Å². The van der Waals surface area contributed by atoms with Crippen molar-refractivity contribution in [3.8, 4) is 0 Å². The van der Waals surface area contributed by atoms with Crippen molar-refractivity contribution in [3.05, 3.63) is 59.7 Å². The van der Waals surface area contributed by atoms with Crippen LogP contribution in [0.2, 0.25) is 0 Å². The van der Waals surface area contributed by atoms with Gasteiger partial charge in [-0.1, -0.05) is 0 Å². The molecular formula is C25H34N4O. The number of likely N-dealkylation sites (tertiary alicyclic amines) is 2. The summed E-state index contributed by atoms with van der Waals surface area (Å²) in [5.74, 6) is 0.0715. The lowest BCUT2D eigenvalue weighted by atomic mass is 10.0. The number of anilines is 2. The van der Waals surface area contributed by atoms with Crippen molar-refractivity contribution in [2.24, 2.45) is 0 Å². The predicted molar refractivity (Wildman–Crippen MR) is 125 cm³/mol. The van der Waals surface area contributed by atoms with Crippen molar-refractivity contribution in [1.82, 2.24) is 9.80 Å². The van der Waals surface area contributed by atoms with E-state index in [0.717, 1.165) is 48.7 Å². The minimum atomic E-state index is 0.0715. The highest BCUT2D eigenvalue weighted by Gasteiger charge is 2.12. The Morgan fingerprint density at radius 2 is 1.00 bits per heavy atom. The smallest absolute Gasteiger partial charge is 0.193 e. The zero-order valence-electron chi connectivity index (χ0n) is 17.9. The van der Waals surface area contributed by atoms with Gasteiger partial charge in [0.05, 0.1) is 0 Å². The van der Waals surface area contributed by atoms with E-state index in [2.05, 4.69) is 20.4 Å². The van der Waals surface area contributed by atoms with Crippen molar-refractivity contribution < 1.29 is 4.79 Å². The van der Waals surface area contributed by atoms with E-state index in [9.17, 15) is 4.79 Å². The molecule has 2 fully saturated rings. The maximum absolute atomic E-state index is 12.8. The summed E-state index contributed by atoms with van der Waals surface area (Å²) >= 11 is 0. The van der Waals surface area contributed by atoms with Crippen LogP contribution in [0.5, 0.6) is 0 Å². The van der Waals surface area contributed by atoms with Gasteiger partial charge in [0.2, 0.25) is 0 Å². The van der Waals surface area contributed by atoms with Gasteiger partial charge in [-0.25, -0.2) is 0 Å². The zero-order valence-corrected chi connectivity index (χ0v) is 17.9. The second-order valence-electron chi connectivity index (χ2n) is 8.43. The maximum Gasteiger partial charge on any atom is 0.193 e. The molecule has 2 heterocycles. The number of rotatable bonds is 10. The van der Waals surface area contributed by atoms with E-state index in [4.69, 9.17) is 0 Å². The second-order valence-corrected chi connectivity index (χ2v) is 8.43. The average Bonchev–Trinajstić information content (AvgIpc) is 3.49. The summed E-state index contributed by atoms with van der Waals surface area (Å²) in [6.07, 6.45) is 5.30. The minimum Gasteiger partial charge on any atom is -0.384 e. The fourth-order valence-corrected chi connectivity index (χ4v) is 4.37. The highest BCUT2D eigenvalue weighted by molar-refractivity contribution is 6.09. The molecule has 0 aliphatic carbocycles. The van der Waals surface area contributed by atoms with Gasteiger partial charge in [0.1, 0.15) is 0 Å². The standard InChI is InChI=1S/C25H34N4O/c30-25(21-5-9-23(10-6-21)26-13-19-28-15-1-2-16-28)22-7-11-24(12-8-22)27-14-20-29-17-3-4-18-29/h5-12,26-27H,1-4,13-20H2. The van der Waals surface area contributed by atoms with Gasteiger partial charge in [0.15, 0.2) is 5.78 Å². The highest BCUT2D eigenvalue weighted by atomic mass is 16.1. The third-order valence-corrected chi connectivity index (χ3v) is 6.21. The molecule has 30 heavy (non-hydrogen) atoms. The topological polar surface area (TPSA) is 47.6 Å². The van der Waals surface area contributed by atoms with Gasteiger partial charge in [0, 0.05) is 48.7 Å². The summed E-state index contributed by atoms with van der Waals surface area (Å²) in [7, 11) is 0. The van der Waals surface area contributed by atoms with Crippen LogP contribution in [0, 0.1) is 0 Å². The first-order chi connectivity index (χ1) is 14.8. The van der Waals surface area contributed by atoms with Gasteiger partial charge in [0.25, 0.3) is 0 Å². The Bertz CT molecular complexity index is 723. The molecule has 2 saturated heterocycles. The fourth-order valence-electron chi connectivity index (χ4n) is 4.37. The molecule has 0 aromatic heterocycles. The Hall–Kier alpha value is -2.37. The normalized spacial score (nSPS) is 17.3. The van der Waals surface area contributed by atoms with Gasteiger partial charge in [-0.05, 0) is 100 Å². The molecule has 0 atom stereocenters. The number of hydrogen-bond donors (Lipinski definition) is 2. The molecule has 0 saturated carbocycles. The van der Waals surface area contributed by atoms with Crippen molar-refractivity contribution in [1.29, 1.82) is 0 Å². The van der Waals surface area contributed by atoms with E-state index in [1.165, 1.54) is 51.9 Å². The summed E-state index contributed by atoms with van der Waals surface area (Å²) in [6, 6.07) is 15.7. The number of hydrogen-bond acceptors (Lipinski definition) is 5. The fraction of sp³-hybridized carbons (Fsp3) is 0.480. The average molecular weight is 407 g/mol. The largest absolute Gasteiger partial charge is 0.384 e. The minimum absolute atomic E-state index is 0.0715. The van der Waals surface area contributed by atoms with Crippen molar-refractivity contribution >= 4 is 17.2 Å². The molecule has 2 aliphatic rings. The Balaban J connectivity index is 1.23. The van der Waals surface area contributed by atoms with Gasteiger partial charge in [-0.3, -0.25) is 4.79 Å². The number of carbonyl (C=O) groups is 1. The first kappa shape index (κ1) is 20.9. The first-order valence-electron chi connectivity index (χ1n) is 11.5. The van der Waals surface area contributed by atoms with E-state index in [1.807, 2.05) is 48.5 Å². The molecule has 2 N–H and O–H groups in total. The number of ketones is 1. The Morgan fingerprint density at radius 3 is 1.37 bits per heavy atom. The first-order valence-corrected chi connectivity index (χ1v) is 11.5. The van der Waals surface area contributed by atoms with Crippen LogP contribution in [0.3, 0.4) is 0 Å². The summed E-state index contributed by atoms with van der Waals surface area (Å²) in [5.41, 5.74) is 3.61. The van der Waals surface area contributed by atoms with Crippen LogP contribution >= 0.6 is 0 Å². The van der Waals surface area contributed by atoms with Gasteiger partial charge < -0.3 is 20.4 Å². The Kier molecular flexibility index (Phi) is 7.38. The molecule has 5 nitrogen and oxygen atoms in total. The molecule has 0 unspecified atom stereocenters. The Morgan fingerprint density at radius 1 is 0.633 bits per heavy atom. The highest BCUT2D eigenvalue weighted by Crippen LogP contribution is 2.16. The molecule has 4 rings (SSSR count). The summed E-state index contributed by atoms with van der Waals surface area (Å²) in [4.78, 5) is 17.8. The zero-order chi connectivity index (χ0) is 20.6. The molecule has 2 aliphatic heterocycles. The molecule has 160 valence electrons. The van der Waals surface area contributed by atoms with E-state index in [0.29, 0.717) is 0 Å². The number of carbonyl (C=O) groups excluding carboxylic acids is 1. The summed E-state index contributed by atoms with van der Waals surface area (Å²) in [6.45, 7) is 8.95. The lowest BCUT2D eigenvalue weighted by Gasteiger charge is -2.15. The third kappa shape index (κ3) is 5.83. The van der Waals surface area contributed by atoms with Crippen LogP contribution in [0.15, 0.2) is 48.5 Å². The van der Waals surface area contributed by atoms with Crippen LogP contribution < -0.4 is 10.6 Å². The molecule has 5 heteroatoms. The maximum atomic E-state index is 12.8. The lowest BCUT2D eigenvalue weighted by molar-refractivity contribution is 0.103. The van der Waals surface area contributed by atoms with Crippen LogP contribution in [0.25, 0.3) is 0 Å². The van der Waals surface area contributed by atoms with Crippen LogP contribution in [0.1, 0.15) is 41.6 Å². The summed E-state index contributed by atoms with van der Waals surface area (Å²) < 4.78 is 0. The van der Waals surface area contributed by atoms with Crippen LogP contribution in [0.4, 0.5) is 11.4 Å². The van der Waals surface area contributed by atoms with E-state index in [1.54, 1.807) is 0 Å².